The average molecular weight is 332 g/mol. The maximum absolute atomic E-state index is 12.1. The minimum Gasteiger partial charge on any atom is -0.449 e. The van der Waals surface area contributed by atoms with Gasteiger partial charge in [0.25, 0.3) is 5.91 Å². The lowest BCUT2D eigenvalue weighted by Gasteiger charge is -2.14. The molecule has 0 aliphatic carbocycles. The van der Waals surface area contributed by atoms with Gasteiger partial charge in [-0.2, -0.15) is 0 Å². The number of hydrogen-bond acceptors (Lipinski definition) is 3. The van der Waals surface area contributed by atoms with Crippen molar-refractivity contribution in [3.8, 4) is 0 Å². The van der Waals surface area contributed by atoms with Crippen LogP contribution in [0.25, 0.3) is 0 Å². The molecule has 4 nitrogen and oxygen atoms in total. The van der Waals surface area contributed by atoms with Crippen LogP contribution in [0.2, 0.25) is 5.02 Å². The highest BCUT2D eigenvalue weighted by atomic mass is 35.5. The van der Waals surface area contributed by atoms with Crippen LogP contribution in [0.1, 0.15) is 28.4 Å². The summed E-state index contributed by atoms with van der Waals surface area (Å²) < 4.78 is 5.21. The molecule has 1 N–H and O–H groups in total. The highest BCUT2D eigenvalue weighted by Gasteiger charge is 2.19. The summed E-state index contributed by atoms with van der Waals surface area (Å²) in [5.41, 5.74) is 3.11. The van der Waals surface area contributed by atoms with Gasteiger partial charge in [-0.3, -0.25) is 4.79 Å². The second-order valence-electron chi connectivity index (χ2n) is 5.34. The quantitative estimate of drug-likeness (QED) is 0.857. The number of halogens is 1. The van der Waals surface area contributed by atoms with Gasteiger partial charge in [-0.15, -0.1) is 0 Å². The molecule has 2 rings (SSSR count). The van der Waals surface area contributed by atoms with Crippen molar-refractivity contribution < 1.29 is 14.3 Å². The van der Waals surface area contributed by atoms with Gasteiger partial charge in [-0.25, -0.2) is 4.79 Å². The first-order valence-electron chi connectivity index (χ1n) is 7.21. The number of esters is 1. The molecule has 0 unspecified atom stereocenters. The number of ether oxygens (including phenoxy) is 1. The number of carbonyl (C=O) groups is 2. The minimum absolute atomic E-state index is 0.399. The maximum Gasteiger partial charge on any atom is 0.338 e. The van der Waals surface area contributed by atoms with E-state index in [0.29, 0.717) is 16.3 Å². The van der Waals surface area contributed by atoms with E-state index in [4.69, 9.17) is 16.3 Å². The van der Waals surface area contributed by atoms with Crippen molar-refractivity contribution in [3.05, 3.63) is 64.2 Å². The van der Waals surface area contributed by atoms with E-state index >= 15 is 0 Å². The van der Waals surface area contributed by atoms with Crippen molar-refractivity contribution >= 4 is 29.2 Å². The van der Waals surface area contributed by atoms with E-state index in [0.717, 1.165) is 11.1 Å². The largest absolute Gasteiger partial charge is 0.449 e. The molecule has 0 aliphatic heterocycles. The zero-order valence-electron chi connectivity index (χ0n) is 13.2. The molecule has 0 fully saturated rings. The smallest absolute Gasteiger partial charge is 0.338 e. The first-order valence-corrected chi connectivity index (χ1v) is 7.59. The summed E-state index contributed by atoms with van der Waals surface area (Å²) in [6.07, 6.45) is -0.903. The Kier molecular flexibility index (Phi) is 5.40. The topological polar surface area (TPSA) is 55.4 Å². The van der Waals surface area contributed by atoms with Gasteiger partial charge in [0.1, 0.15) is 0 Å². The highest BCUT2D eigenvalue weighted by Crippen LogP contribution is 2.15. The Hall–Kier alpha value is -2.33. The van der Waals surface area contributed by atoms with Crippen molar-refractivity contribution in [1.82, 2.24) is 0 Å². The molecule has 0 radical (unpaired) electrons. The summed E-state index contributed by atoms with van der Waals surface area (Å²) in [6.45, 7) is 5.42. The maximum atomic E-state index is 12.1. The highest BCUT2D eigenvalue weighted by molar-refractivity contribution is 6.30. The SMILES string of the molecule is Cc1ccc(C(=O)O[C@@H](C)C(=O)Nc2ccc(Cl)cc2)cc1C. The predicted octanol–water partition coefficient (Wildman–Crippen LogP) is 4.14. The minimum atomic E-state index is -0.903. The molecule has 1 atom stereocenters. The van der Waals surface area contributed by atoms with E-state index in [1.807, 2.05) is 19.9 Å². The molecule has 0 aliphatic rings. The Morgan fingerprint density at radius 2 is 1.70 bits per heavy atom. The van der Waals surface area contributed by atoms with Crippen LogP contribution in [0.15, 0.2) is 42.5 Å². The molecule has 2 aromatic rings. The van der Waals surface area contributed by atoms with E-state index in [-0.39, 0.29) is 0 Å². The Morgan fingerprint density at radius 1 is 1.04 bits per heavy atom. The number of benzene rings is 2. The number of rotatable bonds is 4. The summed E-state index contributed by atoms with van der Waals surface area (Å²) in [4.78, 5) is 24.2. The molecule has 5 heteroatoms. The molecule has 2 aromatic carbocycles. The van der Waals surface area contributed by atoms with Gasteiger partial charge >= 0.3 is 5.97 Å². The molecule has 23 heavy (non-hydrogen) atoms. The lowest BCUT2D eigenvalue weighted by Crippen LogP contribution is -2.30. The zero-order valence-corrected chi connectivity index (χ0v) is 14.0. The summed E-state index contributed by atoms with van der Waals surface area (Å²) in [7, 11) is 0. The lowest BCUT2D eigenvalue weighted by atomic mass is 10.1. The summed E-state index contributed by atoms with van der Waals surface area (Å²) in [6, 6.07) is 12.0. The third-order valence-corrected chi connectivity index (χ3v) is 3.76. The Labute approximate surface area is 140 Å². The van der Waals surface area contributed by atoms with Crippen LogP contribution in [0.4, 0.5) is 5.69 Å². The van der Waals surface area contributed by atoms with Crippen molar-refractivity contribution in [2.24, 2.45) is 0 Å². The van der Waals surface area contributed by atoms with Crippen molar-refractivity contribution in [3.63, 3.8) is 0 Å². The predicted molar refractivity (Wildman–Crippen MR) is 90.9 cm³/mol. The summed E-state index contributed by atoms with van der Waals surface area (Å²) >= 11 is 5.79. The van der Waals surface area contributed by atoms with Crippen LogP contribution in [0.5, 0.6) is 0 Å². The van der Waals surface area contributed by atoms with Gasteiger partial charge in [-0.05, 0) is 68.3 Å². The second kappa shape index (κ2) is 7.29. The fourth-order valence-electron chi connectivity index (χ4n) is 1.93. The number of carbonyl (C=O) groups excluding carboxylic acids is 2. The number of hydrogen-bond donors (Lipinski definition) is 1. The molecular formula is C18H18ClNO3. The monoisotopic (exact) mass is 331 g/mol. The van der Waals surface area contributed by atoms with E-state index in [9.17, 15) is 9.59 Å². The van der Waals surface area contributed by atoms with E-state index in [1.165, 1.54) is 6.92 Å². The summed E-state index contributed by atoms with van der Waals surface area (Å²) in [5.74, 6) is -0.920. The third-order valence-electron chi connectivity index (χ3n) is 3.51. The molecule has 0 bridgehead atoms. The first kappa shape index (κ1) is 17.0. The molecular weight excluding hydrogens is 314 g/mol. The Balaban J connectivity index is 1.98. The van der Waals surface area contributed by atoms with Crippen molar-refractivity contribution in [2.45, 2.75) is 26.9 Å². The average Bonchev–Trinajstić information content (AvgIpc) is 2.52. The van der Waals surface area contributed by atoms with Crippen LogP contribution in [-0.2, 0) is 9.53 Å². The first-order chi connectivity index (χ1) is 10.9. The number of nitrogens with one attached hydrogen (secondary N) is 1. The molecule has 0 aromatic heterocycles. The van der Waals surface area contributed by atoms with Crippen LogP contribution in [0.3, 0.4) is 0 Å². The van der Waals surface area contributed by atoms with Gasteiger partial charge in [0.2, 0.25) is 0 Å². The second-order valence-corrected chi connectivity index (χ2v) is 5.78. The third kappa shape index (κ3) is 4.57. The van der Waals surface area contributed by atoms with E-state index < -0.39 is 18.0 Å². The Bertz CT molecular complexity index is 726. The zero-order chi connectivity index (χ0) is 17.0. The molecule has 0 heterocycles. The van der Waals surface area contributed by atoms with Gasteiger partial charge in [0.15, 0.2) is 6.10 Å². The van der Waals surface area contributed by atoms with Crippen LogP contribution < -0.4 is 5.32 Å². The van der Waals surface area contributed by atoms with Crippen LogP contribution in [0, 0.1) is 13.8 Å². The van der Waals surface area contributed by atoms with Crippen molar-refractivity contribution in [1.29, 1.82) is 0 Å². The van der Waals surface area contributed by atoms with E-state index in [1.54, 1.807) is 36.4 Å². The fraction of sp³-hybridized carbons (Fsp3) is 0.222. The van der Waals surface area contributed by atoms with Gasteiger partial charge in [0.05, 0.1) is 5.56 Å². The van der Waals surface area contributed by atoms with Crippen LogP contribution in [-0.4, -0.2) is 18.0 Å². The number of amides is 1. The molecule has 0 spiro atoms. The molecule has 1 amide bonds. The fourth-order valence-corrected chi connectivity index (χ4v) is 2.05. The van der Waals surface area contributed by atoms with Gasteiger partial charge < -0.3 is 10.1 Å². The lowest BCUT2D eigenvalue weighted by molar-refractivity contribution is -0.123. The molecule has 0 saturated heterocycles. The number of anilines is 1. The van der Waals surface area contributed by atoms with Gasteiger partial charge in [0, 0.05) is 10.7 Å². The van der Waals surface area contributed by atoms with Gasteiger partial charge in [-0.1, -0.05) is 17.7 Å². The van der Waals surface area contributed by atoms with Crippen LogP contribution >= 0.6 is 11.6 Å². The van der Waals surface area contributed by atoms with Crippen molar-refractivity contribution in [2.75, 3.05) is 5.32 Å². The normalized spacial score (nSPS) is 11.7. The standard InChI is InChI=1S/C18H18ClNO3/c1-11-4-5-14(10-12(11)2)18(22)23-13(3)17(21)20-16-8-6-15(19)7-9-16/h4-10,13H,1-3H3,(H,20,21)/t13-/m0/s1. The number of aryl methyl sites for hydroxylation is 2. The molecule has 0 saturated carbocycles. The van der Waals surface area contributed by atoms with E-state index in [2.05, 4.69) is 5.32 Å². The Morgan fingerprint density at radius 3 is 2.30 bits per heavy atom. The summed E-state index contributed by atoms with van der Waals surface area (Å²) in [5, 5.41) is 3.25. The molecule has 120 valence electrons.